The number of rotatable bonds is 1. The van der Waals surface area contributed by atoms with Crippen LogP contribution in [0.4, 0.5) is 0 Å². The van der Waals surface area contributed by atoms with Crippen molar-refractivity contribution in [2.75, 3.05) is 40.3 Å². The van der Waals surface area contributed by atoms with E-state index < -0.39 is 0 Å². The normalized spacial score (nSPS) is 31.8. The van der Waals surface area contributed by atoms with E-state index in [1.807, 2.05) is 11.9 Å². The van der Waals surface area contributed by atoms with Crippen LogP contribution in [0.2, 0.25) is 0 Å². The smallest absolute Gasteiger partial charge is 0.225 e. The highest BCUT2D eigenvalue weighted by Gasteiger charge is 2.38. The molecule has 0 N–H and O–H groups in total. The third-order valence-corrected chi connectivity index (χ3v) is 5.93. The summed E-state index contributed by atoms with van der Waals surface area (Å²) in [5.74, 6) is 1.34. The van der Waals surface area contributed by atoms with Crippen molar-refractivity contribution in [1.29, 1.82) is 0 Å². The van der Waals surface area contributed by atoms with Gasteiger partial charge in [0.25, 0.3) is 0 Å². The molecule has 0 radical (unpaired) electrons. The summed E-state index contributed by atoms with van der Waals surface area (Å²) in [7, 11) is 4.07. The van der Waals surface area contributed by atoms with Crippen LogP contribution in [-0.4, -0.2) is 72.8 Å². The molecule has 2 amide bonds. The van der Waals surface area contributed by atoms with E-state index in [-0.39, 0.29) is 11.8 Å². The van der Waals surface area contributed by atoms with Gasteiger partial charge in [0.05, 0.1) is 0 Å². The summed E-state index contributed by atoms with van der Waals surface area (Å²) < 4.78 is 0. The van der Waals surface area contributed by atoms with Crippen LogP contribution in [0.15, 0.2) is 0 Å². The molecule has 22 heavy (non-hydrogen) atoms. The van der Waals surface area contributed by atoms with E-state index >= 15 is 0 Å². The maximum absolute atomic E-state index is 12.8. The Labute approximate surface area is 133 Å². The molecule has 0 aromatic heterocycles. The summed E-state index contributed by atoms with van der Waals surface area (Å²) >= 11 is 0. The highest BCUT2D eigenvalue weighted by molar-refractivity contribution is 5.79. The number of likely N-dealkylation sites (tertiary alicyclic amines) is 3. The molecule has 0 bridgehead atoms. The minimum absolute atomic E-state index is 0.220. The predicted molar refractivity (Wildman–Crippen MR) is 85.3 cm³/mol. The minimum Gasteiger partial charge on any atom is -0.342 e. The van der Waals surface area contributed by atoms with E-state index in [4.69, 9.17) is 0 Å². The van der Waals surface area contributed by atoms with Crippen molar-refractivity contribution < 1.29 is 9.59 Å². The lowest BCUT2D eigenvalue weighted by Gasteiger charge is -2.43. The molecule has 3 fully saturated rings. The molecule has 3 aliphatic rings. The lowest BCUT2D eigenvalue weighted by Crippen LogP contribution is -2.53. The van der Waals surface area contributed by atoms with Crippen molar-refractivity contribution in [2.45, 2.75) is 44.6 Å². The molecule has 5 heteroatoms. The third kappa shape index (κ3) is 3.14. The van der Waals surface area contributed by atoms with Crippen LogP contribution in [0.1, 0.15) is 38.5 Å². The zero-order valence-corrected chi connectivity index (χ0v) is 14.0. The quantitative estimate of drug-likeness (QED) is 0.731. The van der Waals surface area contributed by atoms with Crippen LogP contribution in [-0.2, 0) is 9.59 Å². The third-order valence-electron chi connectivity index (χ3n) is 5.93. The van der Waals surface area contributed by atoms with Crippen LogP contribution >= 0.6 is 0 Å². The summed E-state index contributed by atoms with van der Waals surface area (Å²) in [5, 5.41) is 0. The van der Waals surface area contributed by atoms with E-state index in [1.165, 1.54) is 0 Å². The molecule has 0 spiro atoms. The van der Waals surface area contributed by atoms with Gasteiger partial charge >= 0.3 is 0 Å². The van der Waals surface area contributed by atoms with Crippen molar-refractivity contribution in [3.63, 3.8) is 0 Å². The molecular formula is C17H29N3O2. The Balaban J connectivity index is 1.61. The first-order valence-electron chi connectivity index (χ1n) is 8.79. The first-order chi connectivity index (χ1) is 10.6. The van der Waals surface area contributed by atoms with Crippen molar-refractivity contribution in [3.05, 3.63) is 0 Å². The second-order valence-corrected chi connectivity index (χ2v) is 7.37. The Kier molecular flexibility index (Phi) is 4.71. The number of hydrogen-bond donors (Lipinski definition) is 0. The van der Waals surface area contributed by atoms with Gasteiger partial charge in [0, 0.05) is 38.5 Å². The number of carbonyl (C=O) groups is 2. The topological polar surface area (TPSA) is 43.9 Å². The van der Waals surface area contributed by atoms with Gasteiger partial charge in [-0.2, -0.15) is 0 Å². The van der Waals surface area contributed by atoms with Gasteiger partial charge in [-0.15, -0.1) is 0 Å². The van der Waals surface area contributed by atoms with Gasteiger partial charge in [-0.1, -0.05) is 0 Å². The van der Waals surface area contributed by atoms with E-state index in [0.29, 0.717) is 24.3 Å². The number of piperidine rings is 2. The highest BCUT2D eigenvalue weighted by atomic mass is 16.2. The van der Waals surface area contributed by atoms with Gasteiger partial charge in [-0.05, 0) is 58.2 Å². The lowest BCUT2D eigenvalue weighted by molar-refractivity contribution is -0.141. The number of fused-ring (bicyclic) bond motifs is 1. The zero-order valence-electron chi connectivity index (χ0n) is 14.0. The molecule has 124 valence electrons. The second-order valence-electron chi connectivity index (χ2n) is 7.37. The molecule has 0 unspecified atom stereocenters. The first kappa shape index (κ1) is 15.8. The van der Waals surface area contributed by atoms with E-state index in [0.717, 1.165) is 58.3 Å². The van der Waals surface area contributed by atoms with Gasteiger partial charge in [0.1, 0.15) is 0 Å². The molecule has 0 aromatic rings. The fraction of sp³-hybridized carbons (Fsp3) is 0.882. The van der Waals surface area contributed by atoms with Crippen LogP contribution in [0.5, 0.6) is 0 Å². The van der Waals surface area contributed by atoms with Gasteiger partial charge in [-0.3, -0.25) is 9.59 Å². The average molecular weight is 307 g/mol. The zero-order chi connectivity index (χ0) is 15.7. The summed E-state index contributed by atoms with van der Waals surface area (Å²) in [6.07, 6.45) is 5.67. The molecule has 5 nitrogen and oxygen atoms in total. The largest absolute Gasteiger partial charge is 0.342 e. The Morgan fingerprint density at radius 1 is 1.05 bits per heavy atom. The summed E-state index contributed by atoms with van der Waals surface area (Å²) in [4.78, 5) is 31.2. The van der Waals surface area contributed by atoms with E-state index in [1.54, 1.807) is 0 Å². The van der Waals surface area contributed by atoms with Crippen molar-refractivity contribution in [1.82, 2.24) is 14.7 Å². The molecule has 0 aromatic carbocycles. The molecule has 3 heterocycles. The Morgan fingerprint density at radius 3 is 2.50 bits per heavy atom. The van der Waals surface area contributed by atoms with Crippen LogP contribution in [0, 0.1) is 11.8 Å². The average Bonchev–Trinajstić information content (AvgIpc) is 2.67. The molecule has 0 saturated carbocycles. The van der Waals surface area contributed by atoms with Gasteiger partial charge < -0.3 is 14.7 Å². The lowest BCUT2D eigenvalue weighted by atomic mass is 9.87. The molecule has 2 atom stereocenters. The van der Waals surface area contributed by atoms with Gasteiger partial charge in [0.15, 0.2) is 0 Å². The van der Waals surface area contributed by atoms with E-state index in [9.17, 15) is 9.59 Å². The SMILES string of the molecule is CN1CCC(C(=O)N2CC[C@@H]3[C@@H](CCCC(=O)N3C)C2)CC1. The van der Waals surface area contributed by atoms with Gasteiger partial charge in [-0.25, -0.2) is 0 Å². The predicted octanol–water partition coefficient (Wildman–Crippen LogP) is 1.19. The van der Waals surface area contributed by atoms with Crippen LogP contribution in [0.25, 0.3) is 0 Å². The van der Waals surface area contributed by atoms with Crippen molar-refractivity contribution in [3.8, 4) is 0 Å². The molecule has 3 rings (SSSR count). The maximum Gasteiger partial charge on any atom is 0.225 e. The molecular weight excluding hydrogens is 278 g/mol. The molecule has 0 aliphatic carbocycles. The monoisotopic (exact) mass is 307 g/mol. The van der Waals surface area contributed by atoms with Crippen molar-refractivity contribution >= 4 is 11.8 Å². The number of carbonyl (C=O) groups excluding carboxylic acids is 2. The Bertz CT molecular complexity index is 432. The fourth-order valence-corrected chi connectivity index (χ4v) is 4.40. The Morgan fingerprint density at radius 2 is 1.77 bits per heavy atom. The fourth-order valence-electron chi connectivity index (χ4n) is 4.40. The number of hydrogen-bond acceptors (Lipinski definition) is 3. The molecule has 3 saturated heterocycles. The highest BCUT2D eigenvalue weighted by Crippen LogP contribution is 2.31. The number of amides is 2. The summed E-state index contributed by atoms with van der Waals surface area (Å²) in [6.45, 7) is 3.75. The first-order valence-corrected chi connectivity index (χ1v) is 8.79. The van der Waals surface area contributed by atoms with Gasteiger partial charge in [0.2, 0.25) is 11.8 Å². The standard InChI is InChI=1S/C17H29N3O2/c1-18-9-6-13(7-10-18)17(22)20-11-8-15-14(12-20)4-3-5-16(21)19(15)2/h13-15H,3-12H2,1-2H3/t14-,15+/m0/s1. The molecule has 3 aliphatic heterocycles. The Hall–Kier alpha value is -1.10. The minimum atomic E-state index is 0.220. The van der Waals surface area contributed by atoms with Crippen molar-refractivity contribution in [2.24, 2.45) is 11.8 Å². The summed E-state index contributed by atoms with van der Waals surface area (Å²) in [6, 6.07) is 0.344. The van der Waals surface area contributed by atoms with Crippen LogP contribution in [0.3, 0.4) is 0 Å². The number of nitrogens with zero attached hydrogens (tertiary/aromatic N) is 3. The van der Waals surface area contributed by atoms with E-state index in [2.05, 4.69) is 16.8 Å². The summed E-state index contributed by atoms with van der Waals surface area (Å²) in [5.41, 5.74) is 0. The van der Waals surface area contributed by atoms with Crippen LogP contribution < -0.4 is 0 Å². The second kappa shape index (κ2) is 6.57. The maximum atomic E-state index is 12.8.